The van der Waals surface area contributed by atoms with Crippen LogP contribution in [-0.4, -0.2) is 87.7 Å². The second-order valence-corrected chi connectivity index (χ2v) is 14.3. The number of hydrogen-bond donors (Lipinski definition) is 1. The zero-order valence-corrected chi connectivity index (χ0v) is 28.0. The van der Waals surface area contributed by atoms with Gasteiger partial charge in [0.2, 0.25) is 5.91 Å². The van der Waals surface area contributed by atoms with Gasteiger partial charge in [0.05, 0.1) is 21.3 Å². The lowest BCUT2D eigenvalue weighted by Gasteiger charge is -2.31. The molecule has 50 heavy (non-hydrogen) atoms. The number of carbonyl (C=O) groups is 1. The van der Waals surface area contributed by atoms with Crippen molar-refractivity contribution >= 4 is 49.2 Å². The molecule has 10 nitrogen and oxygen atoms in total. The van der Waals surface area contributed by atoms with Crippen LogP contribution in [0.2, 0.25) is 0 Å². The number of amides is 1. The summed E-state index contributed by atoms with van der Waals surface area (Å²) in [5, 5.41) is 9.75. The molecule has 1 aromatic carbocycles. The van der Waals surface area contributed by atoms with Gasteiger partial charge in [0.15, 0.2) is 11.5 Å². The normalized spacial score (nSPS) is 23.8. The highest BCUT2D eigenvalue weighted by atomic mass is 32.1. The zero-order chi connectivity index (χ0) is 35.7. The number of fused-ring (bicyclic) bond motifs is 3. The molecule has 0 unspecified atom stereocenters. The first-order chi connectivity index (χ1) is 23.7. The number of rotatable bonds is 7. The summed E-state index contributed by atoms with van der Waals surface area (Å²) < 4.78 is 80.3. The minimum absolute atomic E-state index is 0.000304. The molecule has 16 heteroatoms. The Morgan fingerprint density at radius 3 is 2.78 bits per heavy atom. The maximum absolute atomic E-state index is 14.9. The number of aromatic nitrogens is 3. The molecule has 1 amide bonds. The van der Waals surface area contributed by atoms with Gasteiger partial charge in [0.1, 0.15) is 35.2 Å². The molecule has 2 N–H and O–H groups in total. The maximum Gasteiger partial charge on any atom is 0.433 e. The molecule has 4 atom stereocenters. The first kappa shape index (κ1) is 33.9. The van der Waals surface area contributed by atoms with Crippen LogP contribution in [0, 0.1) is 17.1 Å². The molecule has 0 radical (unpaired) electrons. The number of carbonyl (C=O) groups excluding carboxylic acids is 1. The van der Waals surface area contributed by atoms with E-state index in [9.17, 15) is 32.0 Å². The Morgan fingerprint density at radius 1 is 1.28 bits per heavy atom. The molecule has 7 rings (SSSR count). The predicted octanol–water partition coefficient (Wildman–Crippen LogP) is 6.09. The van der Waals surface area contributed by atoms with Gasteiger partial charge in [-0.1, -0.05) is 12.6 Å². The number of likely N-dealkylation sites (N-methyl/N-ethyl adjacent to an activating group) is 1. The summed E-state index contributed by atoms with van der Waals surface area (Å²) in [6.45, 7) is 6.80. The van der Waals surface area contributed by atoms with Gasteiger partial charge < -0.3 is 20.3 Å². The quantitative estimate of drug-likeness (QED) is 0.179. The van der Waals surface area contributed by atoms with Gasteiger partial charge in [-0.2, -0.15) is 28.4 Å². The van der Waals surface area contributed by atoms with Gasteiger partial charge in [0, 0.05) is 49.6 Å². The summed E-state index contributed by atoms with van der Waals surface area (Å²) in [7, 11) is 1.66. The third kappa shape index (κ3) is 5.56. The van der Waals surface area contributed by atoms with Crippen LogP contribution in [-0.2, 0) is 11.0 Å². The largest absolute Gasteiger partial charge is 0.461 e. The average molecular weight is 713 g/mol. The molecule has 0 spiro atoms. The van der Waals surface area contributed by atoms with Crippen LogP contribution in [0.1, 0.15) is 43.9 Å². The molecular weight excluding hydrogens is 679 g/mol. The van der Waals surface area contributed by atoms with Crippen molar-refractivity contribution in [2.75, 3.05) is 43.9 Å². The molecule has 3 aliphatic rings. The molecule has 0 aliphatic carbocycles. The van der Waals surface area contributed by atoms with E-state index in [4.69, 9.17) is 10.5 Å². The zero-order valence-electron chi connectivity index (χ0n) is 27.2. The van der Waals surface area contributed by atoms with Crippen LogP contribution in [0.25, 0.3) is 32.2 Å². The number of hydrogen-bond acceptors (Lipinski definition) is 10. The van der Waals surface area contributed by atoms with Crippen LogP contribution in [0.3, 0.4) is 0 Å². The molecule has 0 bridgehead atoms. The molecule has 3 aromatic heterocycles. The fraction of sp³-hybridized carbons (Fsp3) is 0.441. The van der Waals surface area contributed by atoms with Gasteiger partial charge >= 0.3 is 12.2 Å². The van der Waals surface area contributed by atoms with Crippen LogP contribution in [0.4, 0.5) is 32.8 Å². The van der Waals surface area contributed by atoms with Crippen molar-refractivity contribution in [3.8, 4) is 23.2 Å². The van der Waals surface area contributed by atoms with Gasteiger partial charge in [-0.15, -0.1) is 11.3 Å². The Balaban J connectivity index is 1.41. The Hall–Kier alpha value is -4.62. The Bertz CT molecular complexity index is 2080. The highest BCUT2D eigenvalue weighted by Gasteiger charge is 2.49. The first-order valence-electron chi connectivity index (χ1n) is 16.1. The van der Waals surface area contributed by atoms with Crippen molar-refractivity contribution in [3.63, 3.8) is 0 Å². The highest BCUT2D eigenvalue weighted by Crippen LogP contribution is 2.46. The third-order valence-electron chi connectivity index (χ3n) is 10.2. The Morgan fingerprint density at radius 2 is 2.06 bits per heavy atom. The number of thiophene rings is 1. The van der Waals surface area contributed by atoms with E-state index in [1.807, 2.05) is 13.0 Å². The molecule has 3 saturated heterocycles. The number of nitrogen functional groups attached to an aromatic ring is 1. The monoisotopic (exact) mass is 712 g/mol. The highest BCUT2D eigenvalue weighted by molar-refractivity contribution is 7.23. The smallest absolute Gasteiger partial charge is 0.433 e. The standard InChI is InChI=1S/C34H33F5N8O2S/c1-4-25(48)47-15-19(10-17(47)2)45(3)31-27-24(42-32(44-31)49-16-33-8-5-9-46(33)14-18(35)12-33)11-21(29(43-27)34(37,38)39)20-6-7-23(36)28-26(20)22(13-40)30(41)50-28/h4,6-7,11,17-19H,1,5,8-10,12,14-16,41H2,2-3H3/t17-,18-,19-,33+/m1/s1. The van der Waals surface area contributed by atoms with E-state index in [1.165, 1.54) is 18.2 Å². The lowest BCUT2D eigenvalue weighted by atomic mass is 9.95. The number of ether oxygens (including phenoxy) is 1. The number of nitriles is 1. The summed E-state index contributed by atoms with van der Waals surface area (Å²) in [5.41, 5.74) is 3.32. The number of alkyl halides is 4. The molecule has 6 heterocycles. The minimum Gasteiger partial charge on any atom is -0.461 e. The molecule has 262 valence electrons. The van der Waals surface area contributed by atoms with Crippen molar-refractivity contribution in [2.24, 2.45) is 0 Å². The number of anilines is 2. The van der Waals surface area contributed by atoms with Gasteiger partial charge in [-0.3, -0.25) is 9.69 Å². The van der Waals surface area contributed by atoms with E-state index in [2.05, 4.69) is 26.4 Å². The molecule has 3 fully saturated rings. The minimum atomic E-state index is -4.99. The first-order valence-corrected chi connectivity index (χ1v) is 16.9. The van der Waals surface area contributed by atoms with Gasteiger partial charge in [-0.05, 0) is 56.5 Å². The van der Waals surface area contributed by atoms with Crippen molar-refractivity contribution in [3.05, 3.63) is 47.9 Å². The number of benzene rings is 1. The lowest BCUT2D eigenvalue weighted by molar-refractivity contribution is -0.140. The molecule has 4 aromatic rings. The number of halogens is 5. The second kappa shape index (κ2) is 12.3. The van der Waals surface area contributed by atoms with Crippen molar-refractivity contribution in [2.45, 2.75) is 62.6 Å². The summed E-state index contributed by atoms with van der Waals surface area (Å²) in [6.07, 6.45) is -2.42. The topological polar surface area (TPSA) is 125 Å². The molecular formula is C34H33F5N8O2S. The van der Waals surface area contributed by atoms with E-state index < -0.39 is 35.0 Å². The number of nitrogens with two attached hydrogens (primary N) is 1. The number of nitrogens with zero attached hydrogens (tertiary/aromatic N) is 7. The summed E-state index contributed by atoms with van der Waals surface area (Å²) in [6, 6.07) is 4.61. The van der Waals surface area contributed by atoms with Crippen molar-refractivity contribution < 1.29 is 31.5 Å². The van der Waals surface area contributed by atoms with E-state index in [-0.39, 0.29) is 86.6 Å². The Kier molecular flexibility index (Phi) is 8.33. The summed E-state index contributed by atoms with van der Waals surface area (Å²) in [5.74, 6) is -0.959. The van der Waals surface area contributed by atoms with Gasteiger partial charge in [0.25, 0.3) is 0 Å². The molecule has 0 saturated carbocycles. The fourth-order valence-electron chi connectivity index (χ4n) is 7.81. The SMILES string of the molecule is C=CC(=O)N1C[C@H](N(C)c2nc(OC[C@@]34CCCN3C[C@H](F)C4)nc3cc(-c4ccc(F)c5sc(N)c(C#N)c45)c(C(F)(F)F)nc23)C[C@H]1C. The van der Waals surface area contributed by atoms with E-state index in [0.717, 1.165) is 30.4 Å². The van der Waals surface area contributed by atoms with Gasteiger partial charge in [-0.25, -0.2) is 13.8 Å². The summed E-state index contributed by atoms with van der Waals surface area (Å²) in [4.78, 5) is 31.1. The van der Waals surface area contributed by atoms with Crippen LogP contribution in [0.5, 0.6) is 6.01 Å². The predicted molar refractivity (Wildman–Crippen MR) is 179 cm³/mol. The summed E-state index contributed by atoms with van der Waals surface area (Å²) >= 11 is 0.770. The van der Waals surface area contributed by atoms with E-state index >= 15 is 0 Å². The Labute approximate surface area is 287 Å². The molecule has 3 aliphatic heterocycles. The lowest BCUT2D eigenvalue weighted by Crippen LogP contribution is -2.43. The average Bonchev–Trinajstić information content (AvgIpc) is 3.82. The van der Waals surface area contributed by atoms with E-state index in [1.54, 1.807) is 16.8 Å². The third-order valence-corrected chi connectivity index (χ3v) is 11.3. The fourth-order valence-corrected chi connectivity index (χ4v) is 8.76. The second-order valence-electron chi connectivity index (χ2n) is 13.2. The van der Waals surface area contributed by atoms with Crippen LogP contribution < -0.4 is 15.4 Å². The number of pyridine rings is 1. The van der Waals surface area contributed by atoms with E-state index in [0.29, 0.717) is 19.4 Å². The number of likely N-dealkylation sites (tertiary alicyclic amines) is 1. The van der Waals surface area contributed by atoms with Crippen LogP contribution >= 0.6 is 11.3 Å². The van der Waals surface area contributed by atoms with Crippen molar-refractivity contribution in [1.29, 1.82) is 5.26 Å². The maximum atomic E-state index is 14.9. The van der Waals surface area contributed by atoms with Crippen molar-refractivity contribution in [1.82, 2.24) is 24.8 Å². The van der Waals surface area contributed by atoms with Crippen LogP contribution in [0.15, 0.2) is 30.9 Å².